The summed E-state index contributed by atoms with van der Waals surface area (Å²) in [4.78, 5) is 4.09. The van der Waals surface area contributed by atoms with E-state index < -0.39 is 6.10 Å². The van der Waals surface area contributed by atoms with Gasteiger partial charge >= 0.3 is 0 Å². The van der Waals surface area contributed by atoms with Gasteiger partial charge in [0.15, 0.2) is 5.58 Å². The number of fused-ring (bicyclic) bond motifs is 1. The second-order valence-corrected chi connectivity index (χ2v) is 4.96. The van der Waals surface area contributed by atoms with Crippen LogP contribution in [0.3, 0.4) is 0 Å². The molecule has 0 saturated carbocycles. The summed E-state index contributed by atoms with van der Waals surface area (Å²) in [6.45, 7) is 2.83. The molecule has 2 aromatic carbocycles. The first-order valence-corrected chi connectivity index (χ1v) is 7.13. The van der Waals surface area contributed by atoms with Crippen LogP contribution in [-0.2, 0) is 6.54 Å². The van der Waals surface area contributed by atoms with Crippen LogP contribution in [0.4, 0.5) is 0 Å². The van der Waals surface area contributed by atoms with Crippen molar-refractivity contribution in [3.05, 3.63) is 65.5 Å². The Morgan fingerprint density at radius 2 is 1.91 bits per heavy atom. The van der Waals surface area contributed by atoms with Crippen molar-refractivity contribution < 1.29 is 9.52 Å². The summed E-state index contributed by atoms with van der Waals surface area (Å²) < 4.78 is 5.28. The smallest absolute Gasteiger partial charge is 0.225 e. The molecule has 5 nitrogen and oxygen atoms in total. The third kappa shape index (κ3) is 4.14. The zero-order chi connectivity index (χ0) is 15.9. The predicted molar refractivity (Wildman–Crippen MR) is 87.1 cm³/mol. The average Bonchev–Trinajstić information content (AvgIpc) is 2.98. The first kappa shape index (κ1) is 16.2. The number of nitrogens with zero attached hydrogens (tertiary/aromatic N) is 1. The van der Waals surface area contributed by atoms with E-state index in [2.05, 4.69) is 24.0 Å². The molecule has 1 aromatic heterocycles. The fraction of sp³-hybridized carbons (Fsp3) is 0.235. The molecule has 0 saturated heterocycles. The van der Waals surface area contributed by atoms with Gasteiger partial charge in [-0.2, -0.15) is 0 Å². The van der Waals surface area contributed by atoms with E-state index >= 15 is 0 Å². The normalized spacial score (nSPS) is 11.8. The van der Waals surface area contributed by atoms with Gasteiger partial charge in [-0.05, 0) is 24.6 Å². The molecule has 3 rings (SSSR count). The number of hydrogen-bond acceptors (Lipinski definition) is 5. The summed E-state index contributed by atoms with van der Waals surface area (Å²) in [5.74, 6) is 0.281. The van der Waals surface area contributed by atoms with E-state index in [0.717, 1.165) is 5.52 Å². The van der Waals surface area contributed by atoms with Gasteiger partial charge in [0.05, 0.1) is 0 Å². The molecule has 0 fully saturated rings. The lowest BCUT2D eigenvalue weighted by molar-refractivity contribution is 0.154. The molecule has 5 N–H and O–H groups in total. The van der Waals surface area contributed by atoms with Crippen LogP contribution in [0.5, 0.6) is 0 Å². The second-order valence-electron chi connectivity index (χ2n) is 4.96. The highest BCUT2D eigenvalue weighted by Gasteiger charge is 2.12. The van der Waals surface area contributed by atoms with Gasteiger partial charge in [0.1, 0.15) is 11.6 Å². The molecule has 0 aliphatic rings. The minimum absolute atomic E-state index is 0.118. The number of oxazole rings is 1. The Labute approximate surface area is 129 Å². The van der Waals surface area contributed by atoms with E-state index in [1.54, 1.807) is 6.07 Å². The summed E-state index contributed by atoms with van der Waals surface area (Å²) in [6, 6.07) is 15.6. The summed E-state index contributed by atoms with van der Waals surface area (Å²) in [5.41, 5.74) is 14.6. The SMILES string of the molecule is Cc1cccc(CN)c1.NCC(O)c1nc2ccccc2o1. The van der Waals surface area contributed by atoms with Crippen LogP contribution in [0.1, 0.15) is 23.1 Å². The molecule has 0 aliphatic carbocycles. The van der Waals surface area contributed by atoms with Crippen molar-refractivity contribution in [3.8, 4) is 0 Å². The van der Waals surface area contributed by atoms with Crippen LogP contribution in [0, 0.1) is 6.92 Å². The molecule has 1 atom stereocenters. The van der Waals surface area contributed by atoms with E-state index in [1.807, 2.05) is 30.3 Å². The Hall–Kier alpha value is -2.21. The maximum Gasteiger partial charge on any atom is 0.225 e. The van der Waals surface area contributed by atoms with Gasteiger partial charge in [0.2, 0.25) is 5.89 Å². The maximum absolute atomic E-state index is 9.35. The number of aromatic nitrogens is 1. The predicted octanol–water partition coefficient (Wildman–Crippen LogP) is 2.27. The number of rotatable bonds is 3. The first-order chi connectivity index (χ1) is 10.6. The minimum atomic E-state index is -0.813. The molecule has 5 heteroatoms. The highest BCUT2D eigenvalue weighted by molar-refractivity contribution is 5.72. The van der Waals surface area contributed by atoms with Gasteiger partial charge in [-0.25, -0.2) is 4.98 Å². The third-order valence-corrected chi connectivity index (χ3v) is 3.14. The molecule has 3 aromatic rings. The monoisotopic (exact) mass is 299 g/mol. The number of aliphatic hydroxyl groups excluding tert-OH is 1. The Morgan fingerprint density at radius 3 is 2.50 bits per heavy atom. The number of aliphatic hydroxyl groups is 1. The zero-order valence-electron chi connectivity index (χ0n) is 12.6. The molecule has 116 valence electrons. The van der Waals surface area contributed by atoms with Crippen LogP contribution in [-0.4, -0.2) is 16.6 Å². The fourth-order valence-electron chi connectivity index (χ4n) is 1.97. The van der Waals surface area contributed by atoms with Crippen LogP contribution in [0.15, 0.2) is 52.9 Å². The zero-order valence-corrected chi connectivity index (χ0v) is 12.6. The quantitative estimate of drug-likeness (QED) is 0.689. The van der Waals surface area contributed by atoms with E-state index in [4.69, 9.17) is 15.9 Å². The number of nitrogens with two attached hydrogens (primary N) is 2. The van der Waals surface area contributed by atoms with E-state index in [9.17, 15) is 5.11 Å². The summed E-state index contributed by atoms with van der Waals surface area (Å²) in [7, 11) is 0. The topological polar surface area (TPSA) is 98.3 Å². The minimum Gasteiger partial charge on any atom is -0.438 e. The fourth-order valence-corrected chi connectivity index (χ4v) is 1.97. The van der Waals surface area contributed by atoms with Gasteiger partial charge in [-0.1, -0.05) is 42.0 Å². The van der Waals surface area contributed by atoms with Gasteiger partial charge in [0, 0.05) is 13.1 Å². The molecule has 1 unspecified atom stereocenters. The molecule has 0 aliphatic heterocycles. The summed E-state index contributed by atoms with van der Waals surface area (Å²) in [5, 5.41) is 9.35. The van der Waals surface area contributed by atoms with Gasteiger partial charge in [0.25, 0.3) is 0 Å². The third-order valence-electron chi connectivity index (χ3n) is 3.14. The number of hydrogen-bond donors (Lipinski definition) is 3. The maximum atomic E-state index is 9.35. The molecule has 22 heavy (non-hydrogen) atoms. The lowest BCUT2D eigenvalue weighted by Gasteiger charge is -1.99. The Bertz CT molecular complexity index is 692. The molecular weight excluding hydrogens is 278 g/mol. The van der Waals surface area contributed by atoms with E-state index in [-0.39, 0.29) is 12.4 Å². The average molecular weight is 299 g/mol. The Balaban J connectivity index is 0.000000172. The van der Waals surface area contributed by atoms with Crippen LogP contribution >= 0.6 is 0 Å². The summed E-state index contributed by atoms with van der Waals surface area (Å²) >= 11 is 0. The largest absolute Gasteiger partial charge is 0.438 e. The van der Waals surface area contributed by atoms with Crippen molar-refractivity contribution in [2.75, 3.05) is 6.54 Å². The molecule has 1 heterocycles. The Kier molecular flexibility index (Phi) is 5.66. The molecule has 0 spiro atoms. The van der Waals surface area contributed by atoms with Gasteiger partial charge < -0.3 is 21.0 Å². The van der Waals surface area contributed by atoms with E-state index in [0.29, 0.717) is 12.1 Å². The number of benzene rings is 2. The van der Waals surface area contributed by atoms with E-state index in [1.165, 1.54) is 11.1 Å². The lowest BCUT2D eigenvalue weighted by atomic mass is 10.1. The first-order valence-electron chi connectivity index (χ1n) is 7.13. The standard InChI is InChI=1S/C9H10N2O2.C8H11N/c10-5-7(12)9-11-6-3-1-2-4-8(6)13-9;1-7-3-2-4-8(5-7)6-9/h1-4,7,12H,5,10H2;2-5H,6,9H2,1H3. The molecular formula is C17H21N3O2. The van der Waals surface area contributed by atoms with Crippen molar-refractivity contribution in [2.45, 2.75) is 19.6 Å². The van der Waals surface area contributed by atoms with Crippen molar-refractivity contribution >= 4 is 11.1 Å². The van der Waals surface area contributed by atoms with Crippen LogP contribution < -0.4 is 11.5 Å². The van der Waals surface area contributed by atoms with Crippen molar-refractivity contribution in [1.29, 1.82) is 0 Å². The van der Waals surface area contributed by atoms with Crippen molar-refractivity contribution in [1.82, 2.24) is 4.98 Å². The van der Waals surface area contributed by atoms with Gasteiger partial charge in [-0.15, -0.1) is 0 Å². The van der Waals surface area contributed by atoms with Crippen LogP contribution in [0.25, 0.3) is 11.1 Å². The highest BCUT2D eigenvalue weighted by Crippen LogP contribution is 2.18. The lowest BCUT2D eigenvalue weighted by Crippen LogP contribution is -2.11. The summed E-state index contributed by atoms with van der Waals surface area (Å²) in [6.07, 6.45) is -0.813. The van der Waals surface area contributed by atoms with Crippen molar-refractivity contribution in [2.24, 2.45) is 11.5 Å². The molecule has 0 amide bonds. The molecule has 0 bridgehead atoms. The molecule has 0 radical (unpaired) electrons. The van der Waals surface area contributed by atoms with Crippen LogP contribution in [0.2, 0.25) is 0 Å². The Morgan fingerprint density at radius 1 is 1.14 bits per heavy atom. The number of para-hydroxylation sites is 2. The second kappa shape index (κ2) is 7.70. The number of aryl methyl sites for hydroxylation is 1. The van der Waals surface area contributed by atoms with Crippen molar-refractivity contribution in [3.63, 3.8) is 0 Å². The van der Waals surface area contributed by atoms with Gasteiger partial charge in [-0.3, -0.25) is 0 Å². The highest BCUT2D eigenvalue weighted by atomic mass is 16.4.